The molecular formula is C17H13FN2O4S. The first-order chi connectivity index (χ1) is 12.1. The van der Waals surface area contributed by atoms with Crippen molar-refractivity contribution in [3.63, 3.8) is 0 Å². The third-order valence-corrected chi connectivity index (χ3v) is 4.05. The molecule has 0 bridgehead atoms. The Morgan fingerprint density at radius 2 is 1.92 bits per heavy atom. The van der Waals surface area contributed by atoms with E-state index >= 15 is 0 Å². The van der Waals surface area contributed by atoms with Gasteiger partial charge in [-0.05, 0) is 12.1 Å². The molecule has 0 atom stereocenters. The van der Waals surface area contributed by atoms with Crippen molar-refractivity contribution >= 4 is 17.3 Å². The molecule has 1 heterocycles. The van der Waals surface area contributed by atoms with E-state index in [2.05, 4.69) is 10.2 Å². The predicted molar refractivity (Wildman–Crippen MR) is 89.2 cm³/mol. The summed E-state index contributed by atoms with van der Waals surface area (Å²) >= 11 is 1.39. The van der Waals surface area contributed by atoms with E-state index in [0.29, 0.717) is 5.01 Å². The van der Waals surface area contributed by atoms with E-state index in [1.54, 1.807) is 0 Å². The number of hydrogen-bond acceptors (Lipinski definition) is 6. The second kappa shape index (κ2) is 7.71. The topological polar surface area (TPSA) is 81.5 Å². The Bertz CT molecular complexity index is 870. The molecule has 0 fully saturated rings. The summed E-state index contributed by atoms with van der Waals surface area (Å²) in [5, 5.41) is 18.1. The van der Waals surface area contributed by atoms with E-state index in [0.717, 1.165) is 16.6 Å². The molecule has 0 aliphatic rings. The van der Waals surface area contributed by atoms with Crippen molar-refractivity contribution in [1.29, 1.82) is 0 Å². The third-order valence-electron chi connectivity index (χ3n) is 3.10. The summed E-state index contributed by atoms with van der Waals surface area (Å²) < 4.78 is 24.1. The number of halogens is 1. The summed E-state index contributed by atoms with van der Waals surface area (Å²) in [6, 6.07) is 13.6. The van der Waals surface area contributed by atoms with E-state index in [4.69, 9.17) is 14.6 Å². The number of ether oxygens (including phenoxy) is 2. The molecule has 3 aromatic rings. The summed E-state index contributed by atoms with van der Waals surface area (Å²) in [6.45, 7) is -0.455. The third kappa shape index (κ3) is 4.51. The van der Waals surface area contributed by atoms with Gasteiger partial charge in [-0.25, -0.2) is 9.18 Å². The number of hydrogen-bond donors (Lipinski definition) is 1. The lowest BCUT2D eigenvalue weighted by Crippen LogP contribution is -2.10. The van der Waals surface area contributed by atoms with Crippen LogP contribution in [0.3, 0.4) is 0 Å². The molecule has 0 amide bonds. The number of carbonyl (C=O) groups is 1. The molecule has 1 aromatic heterocycles. The maximum Gasteiger partial charge on any atom is 0.341 e. The Labute approximate surface area is 146 Å². The van der Waals surface area contributed by atoms with Crippen LogP contribution >= 0.6 is 11.3 Å². The van der Waals surface area contributed by atoms with E-state index in [1.807, 2.05) is 30.3 Å². The molecule has 25 heavy (non-hydrogen) atoms. The minimum absolute atomic E-state index is 0.142. The van der Waals surface area contributed by atoms with Crippen LogP contribution in [0.4, 0.5) is 4.39 Å². The van der Waals surface area contributed by atoms with Gasteiger partial charge in [-0.15, -0.1) is 10.2 Å². The van der Waals surface area contributed by atoms with E-state index in [9.17, 15) is 9.18 Å². The first-order valence-electron chi connectivity index (χ1n) is 7.26. The van der Waals surface area contributed by atoms with Crippen LogP contribution in [-0.2, 0) is 11.4 Å². The van der Waals surface area contributed by atoms with Crippen molar-refractivity contribution in [2.45, 2.75) is 6.61 Å². The molecule has 3 rings (SSSR count). The molecule has 2 aromatic carbocycles. The smallest absolute Gasteiger partial charge is 0.341 e. The molecule has 128 valence electrons. The summed E-state index contributed by atoms with van der Waals surface area (Å²) in [4.78, 5) is 10.4. The van der Waals surface area contributed by atoms with Crippen molar-refractivity contribution in [2.24, 2.45) is 0 Å². The monoisotopic (exact) mass is 360 g/mol. The zero-order chi connectivity index (χ0) is 17.6. The van der Waals surface area contributed by atoms with Gasteiger partial charge in [0.1, 0.15) is 17.4 Å². The van der Waals surface area contributed by atoms with Crippen LogP contribution in [0.25, 0.3) is 10.6 Å². The van der Waals surface area contributed by atoms with Crippen molar-refractivity contribution < 1.29 is 23.8 Å². The highest BCUT2D eigenvalue weighted by Crippen LogP contribution is 2.26. The Morgan fingerprint density at radius 1 is 1.12 bits per heavy atom. The Balaban J connectivity index is 1.61. The molecule has 0 aliphatic heterocycles. The zero-order valence-corrected chi connectivity index (χ0v) is 13.7. The van der Waals surface area contributed by atoms with Gasteiger partial charge in [0.2, 0.25) is 0 Å². The van der Waals surface area contributed by atoms with E-state index in [1.165, 1.54) is 23.5 Å². The second-order valence-electron chi connectivity index (χ2n) is 4.93. The maximum atomic E-state index is 13.8. The average molecular weight is 360 g/mol. The standard InChI is InChI=1S/C17H13FN2O4S/c18-13-8-12(6-7-14(13)24-10-16(21)22)23-9-15-19-20-17(25-15)11-4-2-1-3-5-11/h1-8H,9-10H2,(H,21,22). The molecule has 0 saturated carbocycles. The molecule has 6 nitrogen and oxygen atoms in total. The van der Waals surface area contributed by atoms with Gasteiger partial charge >= 0.3 is 5.97 Å². The Kier molecular flexibility index (Phi) is 5.20. The normalized spacial score (nSPS) is 10.4. The van der Waals surface area contributed by atoms with Gasteiger partial charge in [-0.2, -0.15) is 0 Å². The van der Waals surface area contributed by atoms with Crippen LogP contribution < -0.4 is 9.47 Å². The molecule has 8 heteroatoms. The van der Waals surface area contributed by atoms with E-state index in [-0.39, 0.29) is 18.1 Å². The Hall–Kier alpha value is -3.00. The van der Waals surface area contributed by atoms with Crippen molar-refractivity contribution in [3.8, 4) is 22.1 Å². The van der Waals surface area contributed by atoms with Gasteiger partial charge in [-0.3, -0.25) is 0 Å². The van der Waals surface area contributed by atoms with Crippen LogP contribution in [0.2, 0.25) is 0 Å². The SMILES string of the molecule is O=C(O)COc1ccc(OCc2nnc(-c3ccccc3)s2)cc1F. The largest absolute Gasteiger partial charge is 0.486 e. The lowest BCUT2D eigenvalue weighted by atomic mass is 10.2. The lowest BCUT2D eigenvalue weighted by Gasteiger charge is -2.07. The molecule has 1 N–H and O–H groups in total. The predicted octanol–water partition coefficient (Wildman–Crippen LogP) is 3.39. The van der Waals surface area contributed by atoms with Crippen LogP contribution in [0, 0.1) is 5.82 Å². The van der Waals surface area contributed by atoms with Crippen LogP contribution in [0.15, 0.2) is 48.5 Å². The number of nitrogens with zero attached hydrogens (tertiary/aromatic N) is 2. The highest BCUT2D eigenvalue weighted by atomic mass is 32.1. The van der Waals surface area contributed by atoms with Crippen molar-refractivity contribution in [2.75, 3.05) is 6.61 Å². The van der Waals surface area contributed by atoms with Gasteiger partial charge in [-0.1, -0.05) is 41.7 Å². The summed E-state index contributed by atoms with van der Waals surface area (Å²) in [5.74, 6) is -1.72. The van der Waals surface area contributed by atoms with Gasteiger partial charge in [0.05, 0.1) is 0 Å². The van der Waals surface area contributed by atoms with Crippen LogP contribution in [-0.4, -0.2) is 27.9 Å². The average Bonchev–Trinajstić information content (AvgIpc) is 3.09. The van der Waals surface area contributed by atoms with Crippen LogP contribution in [0.5, 0.6) is 11.5 Å². The number of carboxylic acid groups (broad SMARTS) is 1. The molecule has 0 radical (unpaired) electrons. The molecular weight excluding hydrogens is 347 g/mol. The summed E-state index contributed by atoms with van der Waals surface area (Å²) in [5.41, 5.74) is 0.970. The maximum absolute atomic E-state index is 13.8. The highest BCUT2D eigenvalue weighted by molar-refractivity contribution is 7.14. The quantitative estimate of drug-likeness (QED) is 0.696. The molecule has 0 spiro atoms. The fourth-order valence-corrected chi connectivity index (χ4v) is 2.74. The first-order valence-corrected chi connectivity index (χ1v) is 8.08. The summed E-state index contributed by atoms with van der Waals surface area (Å²) in [7, 11) is 0. The molecule has 0 aliphatic carbocycles. The Morgan fingerprint density at radius 3 is 2.64 bits per heavy atom. The number of benzene rings is 2. The second-order valence-corrected chi connectivity index (χ2v) is 5.99. The molecule has 0 saturated heterocycles. The van der Waals surface area contributed by atoms with Gasteiger partial charge in [0.25, 0.3) is 0 Å². The number of carboxylic acids is 1. The number of rotatable bonds is 7. The molecule has 0 unspecified atom stereocenters. The van der Waals surface area contributed by atoms with E-state index < -0.39 is 18.4 Å². The fourth-order valence-electron chi connectivity index (χ4n) is 1.98. The number of aromatic nitrogens is 2. The lowest BCUT2D eigenvalue weighted by molar-refractivity contribution is -0.139. The zero-order valence-electron chi connectivity index (χ0n) is 12.9. The van der Waals surface area contributed by atoms with Crippen LogP contribution in [0.1, 0.15) is 5.01 Å². The van der Waals surface area contributed by atoms with Gasteiger partial charge < -0.3 is 14.6 Å². The number of aliphatic carboxylic acids is 1. The minimum atomic E-state index is -1.18. The van der Waals surface area contributed by atoms with Gasteiger partial charge in [0, 0.05) is 11.6 Å². The summed E-state index contributed by atoms with van der Waals surface area (Å²) in [6.07, 6.45) is 0. The van der Waals surface area contributed by atoms with Crippen molar-refractivity contribution in [1.82, 2.24) is 10.2 Å². The highest BCUT2D eigenvalue weighted by Gasteiger charge is 2.10. The van der Waals surface area contributed by atoms with Crippen molar-refractivity contribution in [3.05, 3.63) is 59.4 Å². The van der Waals surface area contributed by atoms with Gasteiger partial charge in [0.15, 0.2) is 23.2 Å². The first kappa shape index (κ1) is 16.8. The fraction of sp³-hybridized carbons (Fsp3) is 0.118. The minimum Gasteiger partial charge on any atom is -0.486 e.